The Kier molecular flexibility index (Phi) is 6.82. The van der Waals surface area contributed by atoms with Gasteiger partial charge in [0.2, 0.25) is 0 Å². The van der Waals surface area contributed by atoms with Gasteiger partial charge in [-0.05, 0) is 45.2 Å². The van der Waals surface area contributed by atoms with Crippen molar-refractivity contribution < 1.29 is 9.53 Å². The molecule has 5 heteroatoms. The third kappa shape index (κ3) is 7.00. The van der Waals surface area contributed by atoms with Gasteiger partial charge in [-0.3, -0.25) is 0 Å². The molecule has 126 valence electrons. The monoisotopic (exact) mass is 317 g/mol. The van der Waals surface area contributed by atoms with Crippen molar-refractivity contribution in [1.29, 1.82) is 5.41 Å². The number of benzene rings is 1. The molecule has 0 fully saturated rings. The minimum atomic E-state index is -0.499. The summed E-state index contributed by atoms with van der Waals surface area (Å²) < 4.78 is 5.26. The average molecular weight is 317 g/mol. The average Bonchev–Trinajstić information content (AvgIpc) is 2.42. The number of rotatable bonds is 6. The first-order valence-corrected chi connectivity index (χ1v) is 7.72. The van der Waals surface area contributed by atoms with Crippen LogP contribution < -0.4 is 10.6 Å². The van der Waals surface area contributed by atoms with E-state index in [2.05, 4.69) is 10.6 Å². The van der Waals surface area contributed by atoms with Crippen molar-refractivity contribution in [2.75, 3.05) is 7.05 Å². The van der Waals surface area contributed by atoms with Gasteiger partial charge in [-0.15, -0.1) is 0 Å². The van der Waals surface area contributed by atoms with Crippen LogP contribution in [-0.4, -0.2) is 31.0 Å². The van der Waals surface area contributed by atoms with Crippen molar-refractivity contribution in [1.82, 2.24) is 10.6 Å². The summed E-state index contributed by atoms with van der Waals surface area (Å²) in [6.45, 7) is 7.46. The minimum Gasteiger partial charge on any atom is -0.444 e. The fourth-order valence-corrected chi connectivity index (χ4v) is 2.16. The quantitative estimate of drug-likeness (QED) is 0.704. The predicted octanol–water partition coefficient (Wildman–Crippen LogP) is 3.35. The summed E-state index contributed by atoms with van der Waals surface area (Å²) in [5.41, 5.74) is 2.37. The fourth-order valence-electron chi connectivity index (χ4n) is 2.16. The fraction of sp³-hybridized carbons (Fsp3) is 0.444. The van der Waals surface area contributed by atoms with Gasteiger partial charge < -0.3 is 20.8 Å². The van der Waals surface area contributed by atoms with Crippen LogP contribution in [0.2, 0.25) is 0 Å². The maximum absolute atomic E-state index is 11.8. The molecule has 3 N–H and O–H groups in total. The first-order valence-electron chi connectivity index (χ1n) is 7.72. The summed E-state index contributed by atoms with van der Waals surface area (Å²) >= 11 is 0. The SMILES string of the molecule is CN/C=C(\C=N)c1cccc(C[C@@H](C)NC(=O)OC(C)(C)C)c1. The van der Waals surface area contributed by atoms with Crippen LogP contribution in [0.1, 0.15) is 38.8 Å². The van der Waals surface area contributed by atoms with E-state index >= 15 is 0 Å². The van der Waals surface area contributed by atoms with E-state index < -0.39 is 11.7 Å². The molecule has 0 aromatic heterocycles. The third-order valence-corrected chi connectivity index (χ3v) is 3.02. The Hall–Kier alpha value is -2.30. The Morgan fingerprint density at radius 1 is 1.39 bits per heavy atom. The normalized spacial score (nSPS) is 13.2. The van der Waals surface area contributed by atoms with E-state index in [1.165, 1.54) is 6.21 Å². The molecule has 1 atom stereocenters. The number of alkyl carbamates (subject to hydrolysis) is 1. The van der Waals surface area contributed by atoms with Crippen molar-refractivity contribution in [3.8, 4) is 0 Å². The second-order valence-electron chi connectivity index (χ2n) is 6.48. The maximum atomic E-state index is 11.8. The standard InChI is InChI=1S/C18H27N3O2/c1-13(21-17(22)23-18(2,3)4)9-14-7-6-8-15(10-14)16(11-19)12-20-5/h6-8,10-13,19-20H,9H2,1-5H3,(H,21,22)/b16-12+,19-11?/t13-/m1/s1. The van der Waals surface area contributed by atoms with E-state index in [1.807, 2.05) is 52.0 Å². The van der Waals surface area contributed by atoms with Crippen LogP contribution in [-0.2, 0) is 11.2 Å². The smallest absolute Gasteiger partial charge is 0.407 e. The van der Waals surface area contributed by atoms with Gasteiger partial charge in [-0.2, -0.15) is 0 Å². The topological polar surface area (TPSA) is 74.2 Å². The molecule has 0 saturated heterocycles. The third-order valence-electron chi connectivity index (χ3n) is 3.02. The number of carbonyl (C=O) groups excluding carboxylic acids is 1. The summed E-state index contributed by atoms with van der Waals surface area (Å²) in [6, 6.07) is 7.91. The molecule has 23 heavy (non-hydrogen) atoms. The highest BCUT2D eigenvalue weighted by Gasteiger charge is 2.17. The molecule has 5 nitrogen and oxygen atoms in total. The molecule has 0 bridgehead atoms. The van der Waals surface area contributed by atoms with E-state index in [0.717, 1.165) is 16.7 Å². The summed E-state index contributed by atoms with van der Waals surface area (Å²) in [5.74, 6) is 0. The molecule has 0 heterocycles. The van der Waals surface area contributed by atoms with Crippen molar-refractivity contribution in [2.45, 2.75) is 45.8 Å². The second kappa shape index (κ2) is 8.36. The highest BCUT2D eigenvalue weighted by molar-refractivity contribution is 6.08. The van der Waals surface area contributed by atoms with Crippen molar-refractivity contribution in [2.24, 2.45) is 0 Å². The number of carbonyl (C=O) groups is 1. The molecule has 0 radical (unpaired) electrons. The Bertz CT molecular complexity index is 574. The van der Waals surface area contributed by atoms with Gasteiger partial charge >= 0.3 is 6.09 Å². The van der Waals surface area contributed by atoms with E-state index in [9.17, 15) is 4.79 Å². The zero-order chi connectivity index (χ0) is 17.5. The summed E-state index contributed by atoms with van der Waals surface area (Å²) in [5, 5.41) is 13.3. The lowest BCUT2D eigenvalue weighted by Crippen LogP contribution is -2.38. The van der Waals surface area contributed by atoms with Crippen LogP contribution in [0.3, 0.4) is 0 Å². The molecule has 0 aliphatic carbocycles. The van der Waals surface area contributed by atoms with Crippen LogP contribution >= 0.6 is 0 Å². The molecule has 1 aromatic carbocycles. The van der Waals surface area contributed by atoms with Crippen LogP contribution in [0.15, 0.2) is 30.5 Å². The Balaban J connectivity index is 2.72. The second-order valence-corrected chi connectivity index (χ2v) is 6.48. The van der Waals surface area contributed by atoms with Crippen molar-refractivity contribution in [3.63, 3.8) is 0 Å². The van der Waals surface area contributed by atoms with Crippen molar-refractivity contribution in [3.05, 3.63) is 41.6 Å². The van der Waals surface area contributed by atoms with Gasteiger partial charge in [0.15, 0.2) is 0 Å². The lowest BCUT2D eigenvalue weighted by Gasteiger charge is -2.22. The van der Waals surface area contributed by atoms with Gasteiger partial charge in [-0.25, -0.2) is 4.79 Å². The van der Waals surface area contributed by atoms with E-state index in [0.29, 0.717) is 6.42 Å². The Morgan fingerprint density at radius 2 is 2.09 bits per heavy atom. The maximum Gasteiger partial charge on any atom is 0.407 e. The predicted molar refractivity (Wildman–Crippen MR) is 94.8 cm³/mol. The molecular weight excluding hydrogens is 290 g/mol. The van der Waals surface area contributed by atoms with Crippen LogP contribution in [0, 0.1) is 5.41 Å². The largest absolute Gasteiger partial charge is 0.444 e. The number of ether oxygens (including phenoxy) is 1. The number of allylic oxidation sites excluding steroid dienone is 1. The first kappa shape index (κ1) is 18.7. The molecule has 0 aliphatic heterocycles. The summed E-state index contributed by atoms with van der Waals surface area (Å²) in [6.07, 6.45) is 3.39. The molecular formula is C18H27N3O2. The Morgan fingerprint density at radius 3 is 2.65 bits per heavy atom. The molecule has 1 aromatic rings. The minimum absolute atomic E-state index is 0.0446. The van der Waals surface area contributed by atoms with Gasteiger partial charge in [0.1, 0.15) is 5.60 Å². The van der Waals surface area contributed by atoms with E-state index in [-0.39, 0.29) is 6.04 Å². The lowest BCUT2D eigenvalue weighted by molar-refractivity contribution is 0.0508. The molecule has 1 rings (SSSR count). The highest BCUT2D eigenvalue weighted by Crippen LogP contribution is 2.15. The lowest BCUT2D eigenvalue weighted by atomic mass is 10.0. The molecule has 0 spiro atoms. The molecule has 1 amide bonds. The molecule has 0 unspecified atom stereocenters. The van der Waals surface area contributed by atoms with Gasteiger partial charge in [-0.1, -0.05) is 24.3 Å². The molecule has 0 aliphatic rings. The van der Waals surface area contributed by atoms with Crippen LogP contribution in [0.5, 0.6) is 0 Å². The highest BCUT2D eigenvalue weighted by atomic mass is 16.6. The van der Waals surface area contributed by atoms with Gasteiger partial charge in [0, 0.05) is 31.1 Å². The van der Waals surface area contributed by atoms with Crippen molar-refractivity contribution >= 4 is 17.9 Å². The summed E-state index contributed by atoms with van der Waals surface area (Å²) in [4.78, 5) is 11.8. The number of hydrogen-bond acceptors (Lipinski definition) is 4. The van der Waals surface area contributed by atoms with E-state index in [1.54, 1.807) is 13.2 Å². The first-order chi connectivity index (χ1) is 10.7. The number of hydrogen-bond donors (Lipinski definition) is 3. The zero-order valence-electron chi connectivity index (χ0n) is 14.6. The number of nitrogens with one attached hydrogen (secondary N) is 3. The van der Waals surface area contributed by atoms with Gasteiger partial charge in [0.05, 0.1) is 0 Å². The molecule has 0 saturated carbocycles. The summed E-state index contributed by atoms with van der Waals surface area (Å²) in [7, 11) is 1.81. The van der Waals surface area contributed by atoms with Crippen LogP contribution in [0.25, 0.3) is 5.57 Å². The zero-order valence-corrected chi connectivity index (χ0v) is 14.6. The van der Waals surface area contributed by atoms with E-state index in [4.69, 9.17) is 10.1 Å². The van der Waals surface area contributed by atoms with Crippen LogP contribution in [0.4, 0.5) is 4.79 Å². The number of amides is 1. The Labute approximate surface area is 138 Å². The van der Waals surface area contributed by atoms with Gasteiger partial charge in [0.25, 0.3) is 0 Å².